The van der Waals surface area contributed by atoms with Crippen LogP contribution in [0.1, 0.15) is 23.2 Å². The summed E-state index contributed by atoms with van der Waals surface area (Å²) in [5.74, 6) is -1.11. The Morgan fingerprint density at radius 2 is 1.92 bits per heavy atom. The SMILES string of the molecule is O=C(c1cc(F)c(Cl)cc1Cl)N1CCC(NS(=O)(=O)c2cccs2)CC1. The van der Waals surface area contributed by atoms with Crippen LogP contribution in [0.2, 0.25) is 10.0 Å². The van der Waals surface area contributed by atoms with Crippen LogP contribution in [0.4, 0.5) is 4.39 Å². The second kappa shape index (κ2) is 7.82. The van der Waals surface area contributed by atoms with E-state index in [4.69, 9.17) is 23.2 Å². The van der Waals surface area contributed by atoms with Crippen molar-refractivity contribution in [1.29, 1.82) is 0 Å². The summed E-state index contributed by atoms with van der Waals surface area (Å²) in [6.07, 6.45) is 0.925. The number of piperidine rings is 1. The highest BCUT2D eigenvalue weighted by Gasteiger charge is 2.28. The quantitative estimate of drug-likeness (QED) is 0.741. The van der Waals surface area contributed by atoms with Crippen molar-refractivity contribution in [3.63, 3.8) is 0 Å². The van der Waals surface area contributed by atoms with Gasteiger partial charge in [0.25, 0.3) is 5.91 Å². The number of hydrogen-bond donors (Lipinski definition) is 1. The Morgan fingerprint density at radius 3 is 2.54 bits per heavy atom. The van der Waals surface area contributed by atoms with Gasteiger partial charge in [0, 0.05) is 19.1 Å². The van der Waals surface area contributed by atoms with E-state index >= 15 is 0 Å². The Labute approximate surface area is 164 Å². The molecule has 1 aromatic carbocycles. The minimum Gasteiger partial charge on any atom is -0.338 e. The van der Waals surface area contributed by atoms with Crippen molar-refractivity contribution in [2.45, 2.75) is 23.1 Å². The van der Waals surface area contributed by atoms with Crippen LogP contribution in [-0.4, -0.2) is 38.4 Å². The average Bonchev–Trinajstić information content (AvgIpc) is 3.13. The first-order chi connectivity index (χ1) is 12.3. The van der Waals surface area contributed by atoms with Gasteiger partial charge in [0.2, 0.25) is 10.0 Å². The molecule has 0 atom stereocenters. The molecule has 10 heteroatoms. The summed E-state index contributed by atoms with van der Waals surface area (Å²) in [5, 5.41) is 1.64. The Morgan fingerprint density at radius 1 is 1.23 bits per heavy atom. The molecule has 0 spiro atoms. The molecule has 1 saturated heterocycles. The second-order valence-electron chi connectivity index (χ2n) is 5.87. The summed E-state index contributed by atoms with van der Waals surface area (Å²) in [4.78, 5) is 14.1. The fourth-order valence-corrected chi connectivity index (χ4v) is 5.53. The fraction of sp³-hybridized carbons (Fsp3) is 0.312. The van der Waals surface area contributed by atoms with Gasteiger partial charge in [-0.3, -0.25) is 4.79 Å². The van der Waals surface area contributed by atoms with Gasteiger partial charge in [0.05, 0.1) is 15.6 Å². The molecule has 2 aromatic rings. The lowest BCUT2D eigenvalue weighted by Crippen LogP contribution is -2.46. The maximum Gasteiger partial charge on any atom is 0.255 e. The standard InChI is InChI=1S/C16H15Cl2FN2O3S2/c17-12-9-13(18)14(19)8-11(12)16(22)21-5-3-10(4-6-21)20-26(23,24)15-2-1-7-25-15/h1-2,7-10,20H,3-6H2. The van der Waals surface area contributed by atoms with Crippen LogP contribution < -0.4 is 4.72 Å². The zero-order valence-corrected chi connectivity index (χ0v) is 16.6. The number of rotatable bonds is 4. The molecule has 0 saturated carbocycles. The van der Waals surface area contributed by atoms with Crippen LogP contribution in [-0.2, 0) is 10.0 Å². The number of nitrogens with one attached hydrogen (secondary N) is 1. The van der Waals surface area contributed by atoms with Gasteiger partial charge < -0.3 is 4.90 Å². The van der Waals surface area contributed by atoms with Gasteiger partial charge in [0.15, 0.2) is 0 Å². The van der Waals surface area contributed by atoms with E-state index in [0.29, 0.717) is 25.9 Å². The highest BCUT2D eigenvalue weighted by molar-refractivity contribution is 7.91. The maximum absolute atomic E-state index is 13.6. The highest BCUT2D eigenvalue weighted by atomic mass is 35.5. The van der Waals surface area contributed by atoms with Gasteiger partial charge in [-0.2, -0.15) is 0 Å². The van der Waals surface area contributed by atoms with Crippen molar-refractivity contribution in [2.75, 3.05) is 13.1 Å². The van der Waals surface area contributed by atoms with E-state index in [1.165, 1.54) is 11.0 Å². The molecule has 1 amide bonds. The summed E-state index contributed by atoms with van der Waals surface area (Å²) < 4.78 is 41.1. The molecule has 26 heavy (non-hydrogen) atoms. The number of sulfonamides is 1. The molecule has 1 N–H and O–H groups in total. The van der Waals surface area contributed by atoms with E-state index in [1.807, 2.05) is 0 Å². The van der Waals surface area contributed by atoms with Crippen LogP contribution in [0.5, 0.6) is 0 Å². The fourth-order valence-electron chi connectivity index (χ4n) is 2.75. The number of nitrogens with zero attached hydrogens (tertiary/aromatic N) is 1. The third-order valence-electron chi connectivity index (χ3n) is 4.10. The van der Waals surface area contributed by atoms with Crippen molar-refractivity contribution < 1.29 is 17.6 Å². The van der Waals surface area contributed by atoms with Crippen molar-refractivity contribution in [3.8, 4) is 0 Å². The van der Waals surface area contributed by atoms with E-state index in [2.05, 4.69) is 4.72 Å². The summed E-state index contributed by atoms with van der Waals surface area (Å²) in [6, 6.07) is 5.19. The van der Waals surface area contributed by atoms with Crippen molar-refractivity contribution in [1.82, 2.24) is 9.62 Å². The van der Waals surface area contributed by atoms with E-state index in [9.17, 15) is 17.6 Å². The van der Waals surface area contributed by atoms with Gasteiger partial charge in [-0.1, -0.05) is 29.3 Å². The van der Waals surface area contributed by atoms with Gasteiger partial charge in [0.1, 0.15) is 10.0 Å². The third-order valence-corrected chi connectivity index (χ3v) is 7.62. The van der Waals surface area contributed by atoms with Gasteiger partial charge >= 0.3 is 0 Å². The molecule has 1 aromatic heterocycles. The zero-order valence-electron chi connectivity index (χ0n) is 13.4. The molecule has 3 rings (SSSR count). The topological polar surface area (TPSA) is 66.5 Å². The Hall–Kier alpha value is -1.19. The summed E-state index contributed by atoms with van der Waals surface area (Å²) >= 11 is 12.8. The first-order valence-electron chi connectivity index (χ1n) is 7.77. The highest BCUT2D eigenvalue weighted by Crippen LogP contribution is 2.26. The average molecular weight is 437 g/mol. The molecule has 0 aliphatic carbocycles. The zero-order chi connectivity index (χ0) is 18.9. The number of carbonyl (C=O) groups is 1. The lowest BCUT2D eigenvalue weighted by molar-refractivity contribution is 0.0711. The van der Waals surface area contributed by atoms with Crippen molar-refractivity contribution >= 4 is 50.5 Å². The largest absolute Gasteiger partial charge is 0.338 e. The van der Waals surface area contributed by atoms with Crippen LogP contribution in [0, 0.1) is 5.82 Å². The number of thiophene rings is 1. The molecule has 140 valence electrons. The molecule has 0 bridgehead atoms. The van der Waals surface area contributed by atoms with Crippen LogP contribution >= 0.6 is 34.5 Å². The number of amides is 1. The predicted molar refractivity (Wildman–Crippen MR) is 100.0 cm³/mol. The normalized spacial score (nSPS) is 16.0. The second-order valence-corrected chi connectivity index (χ2v) is 9.57. The molecule has 1 fully saturated rings. The first kappa shape index (κ1) is 19.6. The maximum atomic E-state index is 13.6. The Bertz CT molecular complexity index is 912. The number of halogens is 3. The summed E-state index contributed by atoms with van der Waals surface area (Å²) in [6.45, 7) is 0.689. The Kier molecular flexibility index (Phi) is 5.88. The van der Waals surface area contributed by atoms with Crippen LogP contribution in [0.25, 0.3) is 0 Å². The molecule has 5 nitrogen and oxygen atoms in total. The minimum atomic E-state index is -3.54. The van der Waals surface area contributed by atoms with Crippen molar-refractivity contribution in [3.05, 3.63) is 51.1 Å². The molecular formula is C16H15Cl2FN2O3S2. The minimum absolute atomic E-state index is 0.0474. The van der Waals surface area contributed by atoms with Crippen molar-refractivity contribution in [2.24, 2.45) is 0 Å². The van der Waals surface area contributed by atoms with Gasteiger partial charge in [-0.25, -0.2) is 17.5 Å². The summed E-state index contributed by atoms with van der Waals surface area (Å²) in [7, 11) is -3.54. The number of carbonyl (C=O) groups excluding carboxylic acids is 1. The monoisotopic (exact) mass is 436 g/mol. The Balaban J connectivity index is 1.64. The number of hydrogen-bond acceptors (Lipinski definition) is 4. The van der Waals surface area contributed by atoms with E-state index < -0.39 is 21.7 Å². The first-order valence-corrected chi connectivity index (χ1v) is 10.9. The molecule has 1 aliphatic rings. The number of benzene rings is 1. The summed E-state index contributed by atoms with van der Waals surface area (Å²) in [5.41, 5.74) is 0.0474. The van der Waals surface area contributed by atoms with Gasteiger partial charge in [-0.15, -0.1) is 11.3 Å². The van der Waals surface area contributed by atoms with Gasteiger partial charge in [-0.05, 0) is 36.4 Å². The predicted octanol–water partition coefficient (Wildman–Crippen LogP) is 3.78. The van der Waals surface area contributed by atoms with Crippen LogP contribution in [0.3, 0.4) is 0 Å². The molecule has 1 aliphatic heterocycles. The number of likely N-dealkylation sites (tertiary alicyclic amines) is 1. The smallest absolute Gasteiger partial charge is 0.255 e. The molecule has 2 heterocycles. The van der Waals surface area contributed by atoms with Crippen LogP contribution in [0.15, 0.2) is 33.9 Å². The lowest BCUT2D eigenvalue weighted by Gasteiger charge is -2.32. The lowest BCUT2D eigenvalue weighted by atomic mass is 10.0. The molecule has 0 unspecified atom stereocenters. The molecular weight excluding hydrogens is 422 g/mol. The van der Waals surface area contributed by atoms with E-state index in [1.54, 1.807) is 17.5 Å². The van der Waals surface area contributed by atoms with E-state index in [0.717, 1.165) is 17.4 Å². The van der Waals surface area contributed by atoms with E-state index in [-0.39, 0.29) is 25.9 Å². The molecule has 0 radical (unpaired) electrons. The third kappa shape index (κ3) is 4.20.